The van der Waals surface area contributed by atoms with Crippen molar-refractivity contribution in [2.24, 2.45) is 0 Å². The fourth-order valence-corrected chi connectivity index (χ4v) is 5.19. The first-order valence-corrected chi connectivity index (χ1v) is 11.3. The third-order valence-electron chi connectivity index (χ3n) is 6.63. The summed E-state index contributed by atoms with van der Waals surface area (Å²) in [4.78, 5) is 22.0. The molecule has 6 rings (SSSR count). The Morgan fingerprint density at radius 1 is 1.23 bits per heavy atom. The highest BCUT2D eigenvalue weighted by molar-refractivity contribution is 6.29. The highest BCUT2D eigenvalue weighted by atomic mass is 35.5. The van der Waals surface area contributed by atoms with Crippen LogP contribution in [0.1, 0.15) is 18.4 Å². The van der Waals surface area contributed by atoms with Gasteiger partial charge < -0.3 is 19.1 Å². The van der Waals surface area contributed by atoms with Crippen LogP contribution in [0, 0.1) is 17.5 Å². The molecule has 0 N–H and O–H groups in total. The van der Waals surface area contributed by atoms with Crippen LogP contribution in [0.3, 0.4) is 0 Å². The minimum atomic E-state index is -0.995. The first-order valence-electron chi connectivity index (χ1n) is 10.9. The van der Waals surface area contributed by atoms with Crippen LogP contribution >= 0.6 is 11.6 Å². The lowest BCUT2D eigenvalue weighted by atomic mass is 9.92. The second kappa shape index (κ2) is 8.13. The van der Waals surface area contributed by atoms with Gasteiger partial charge in [-0.15, -0.1) is 0 Å². The summed E-state index contributed by atoms with van der Waals surface area (Å²) in [5.41, 5.74) is -0.922. The fraction of sp³-hybridized carbons (Fsp3) is 0.348. The number of ether oxygens (including phenoxy) is 3. The molecule has 35 heavy (non-hydrogen) atoms. The van der Waals surface area contributed by atoms with Gasteiger partial charge in [0.2, 0.25) is 5.82 Å². The molecule has 2 atom stereocenters. The third-order valence-corrected chi connectivity index (χ3v) is 6.84. The number of fused-ring (bicyclic) bond motifs is 3. The maximum atomic E-state index is 15.5. The minimum absolute atomic E-state index is 0.0107. The lowest BCUT2D eigenvalue weighted by Crippen LogP contribution is -2.55. The van der Waals surface area contributed by atoms with Gasteiger partial charge >= 0.3 is 5.69 Å². The Morgan fingerprint density at radius 3 is 2.77 bits per heavy atom. The van der Waals surface area contributed by atoms with E-state index in [9.17, 15) is 13.6 Å². The van der Waals surface area contributed by atoms with Gasteiger partial charge in [-0.05, 0) is 30.2 Å². The molecule has 1 spiro atoms. The Labute approximate surface area is 201 Å². The summed E-state index contributed by atoms with van der Waals surface area (Å²) >= 11 is 5.77. The van der Waals surface area contributed by atoms with Gasteiger partial charge in [0.1, 0.15) is 17.5 Å². The maximum Gasteiger partial charge on any atom is 0.352 e. The lowest BCUT2D eigenvalue weighted by Gasteiger charge is -2.44. The first-order chi connectivity index (χ1) is 16.8. The topological polar surface area (TPSA) is 78.7 Å². The first kappa shape index (κ1) is 22.2. The van der Waals surface area contributed by atoms with E-state index in [0.29, 0.717) is 26.1 Å². The van der Waals surface area contributed by atoms with Gasteiger partial charge in [-0.1, -0.05) is 11.6 Å². The van der Waals surface area contributed by atoms with E-state index in [1.165, 1.54) is 22.9 Å². The number of nitrogens with zero attached hydrogens (tertiary/aromatic N) is 4. The van der Waals surface area contributed by atoms with Crippen LogP contribution in [0.15, 0.2) is 35.3 Å². The Balaban J connectivity index is 1.25. The van der Waals surface area contributed by atoms with Gasteiger partial charge in [0.15, 0.2) is 23.2 Å². The molecular weight excluding hydrogens is 489 g/mol. The van der Waals surface area contributed by atoms with Crippen molar-refractivity contribution in [3.8, 4) is 17.4 Å². The highest BCUT2D eigenvalue weighted by Crippen LogP contribution is 2.47. The SMILES string of the molecule is O=c1nc(OCc2cc(F)c(Oc3ccnc(Cl)c3)c(F)c2)c(F)c2n1CC[C@]13CO[C@H](CN21)C3. The molecule has 2 bridgehead atoms. The molecule has 3 aliphatic heterocycles. The second-order valence-electron chi connectivity index (χ2n) is 8.80. The highest BCUT2D eigenvalue weighted by Gasteiger charge is 2.55. The van der Waals surface area contributed by atoms with Crippen molar-refractivity contribution in [2.75, 3.05) is 18.1 Å². The number of hydrogen-bond donors (Lipinski definition) is 0. The minimum Gasteiger partial charge on any atom is -0.471 e. The molecule has 2 aromatic heterocycles. The molecule has 0 radical (unpaired) electrons. The molecule has 8 nitrogen and oxygen atoms in total. The number of anilines is 1. The van der Waals surface area contributed by atoms with E-state index >= 15 is 4.39 Å². The summed E-state index contributed by atoms with van der Waals surface area (Å²) in [6, 6.07) is 4.70. The Hall–Kier alpha value is -3.31. The van der Waals surface area contributed by atoms with Gasteiger partial charge in [0.05, 0.1) is 18.2 Å². The Morgan fingerprint density at radius 2 is 2.03 bits per heavy atom. The van der Waals surface area contributed by atoms with E-state index in [2.05, 4.69) is 9.97 Å². The molecule has 0 unspecified atom stereocenters. The molecule has 2 fully saturated rings. The number of pyridine rings is 1. The van der Waals surface area contributed by atoms with Crippen LogP contribution < -0.4 is 20.1 Å². The van der Waals surface area contributed by atoms with Gasteiger partial charge in [-0.25, -0.2) is 18.6 Å². The van der Waals surface area contributed by atoms with Gasteiger partial charge in [0, 0.05) is 31.8 Å². The van der Waals surface area contributed by atoms with Gasteiger partial charge in [0.25, 0.3) is 5.88 Å². The molecule has 3 aliphatic rings. The average Bonchev–Trinajstić information content (AvgIpc) is 3.40. The zero-order valence-corrected chi connectivity index (χ0v) is 18.9. The second-order valence-corrected chi connectivity index (χ2v) is 9.19. The molecule has 0 amide bonds. The molecule has 3 aromatic rings. The van der Waals surface area contributed by atoms with E-state index < -0.39 is 41.4 Å². The number of aromatic nitrogens is 3. The van der Waals surface area contributed by atoms with Crippen LogP contribution in [-0.4, -0.2) is 39.3 Å². The Kier molecular flexibility index (Phi) is 5.15. The van der Waals surface area contributed by atoms with Crippen LogP contribution in [0.25, 0.3) is 0 Å². The van der Waals surface area contributed by atoms with E-state index in [-0.39, 0.29) is 33.9 Å². The molecule has 182 valence electrons. The standard InChI is InChI=1S/C23H18ClF3N4O4/c24-17-7-13(1-3-28-17)35-19-15(25)5-12(6-16(19)26)10-33-20-18(27)21-30(22(32)29-20)4-2-23-8-14(34-11-23)9-31(21)23/h1,3,5-7,14H,2,4,8-11H2/t14-,23-/m0/s1. The summed E-state index contributed by atoms with van der Waals surface area (Å²) in [5, 5.41) is 0.101. The zero-order valence-electron chi connectivity index (χ0n) is 18.1. The van der Waals surface area contributed by atoms with E-state index in [4.69, 9.17) is 25.8 Å². The van der Waals surface area contributed by atoms with Crippen molar-refractivity contribution >= 4 is 17.4 Å². The summed E-state index contributed by atoms with van der Waals surface area (Å²) in [6.07, 6.45) is 2.76. The summed E-state index contributed by atoms with van der Waals surface area (Å²) in [5.74, 6) is -3.71. The molecule has 12 heteroatoms. The van der Waals surface area contributed by atoms with Crippen molar-refractivity contribution in [1.29, 1.82) is 0 Å². The third kappa shape index (κ3) is 3.69. The van der Waals surface area contributed by atoms with Gasteiger partial charge in [-0.2, -0.15) is 9.37 Å². The van der Waals surface area contributed by atoms with Crippen molar-refractivity contribution in [3.05, 3.63) is 69.1 Å². The number of hydrogen-bond acceptors (Lipinski definition) is 7. The van der Waals surface area contributed by atoms with E-state index in [1.807, 2.05) is 4.90 Å². The average molecular weight is 507 g/mol. The van der Waals surface area contributed by atoms with Crippen molar-refractivity contribution < 1.29 is 27.4 Å². The van der Waals surface area contributed by atoms with Crippen molar-refractivity contribution in [3.63, 3.8) is 0 Å². The predicted octanol–water partition coefficient (Wildman–Crippen LogP) is 3.83. The van der Waals surface area contributed by atoms with Crippen molar-refractivity contribution in [2.45, 2.75) is 37.6 Å². The maximum absolute atomic E-state index is 15.5. The zero-order chi connectivity index (χ0) is 24.3. The normalized spacial score (nSPS) is 22.2. The number of halogens is 4. The molecular formula is C23H18ClF3N4O4. The number of morpholine rings is 1. The van der Waals surface area contributed by atoms with Crippen LogP contribution in [0.4, 0.5) is 19.0 Å². The predicted molar refractivity (Wildman–Crippen MR) is 118 cm³/mol. The summed E-state index contributed by atoms with van der Waals surface area (Å²) < 4.78 is 62.4. The molecule has 1 aromatic carbocycles. The van der Waals surface area contributed by atoms with Gasteiger partial charge in [-0.3, -0.25) is 4.57 Å². The number of benzene rings is 1. The van der Waals surface area contributed by atoms with E-state index in [0.717, 1.165) is 18.6 Å². The van der Waals surface area contributed by atoms with Crippen molar-refractivity contribution in [1.82, 2.24) is 14.5 Å². The van der Waals surface area contributed by atoms with Crippen LogP contribution in [-0.2, 0) is 17.9 Å². The quantitative estimate of drug-likeness (QED) is 0.487. The van der Waals surface area contributed by atoms with Crippen LogP contribution in [0.2, 0.25) is 5.15 Å². The molecule has 0 aliphatic carbocycles. The molecule has 5 heterocycles. The lowest BCUT2D eigenvalue weighted by molar-refractivity contribution is 0.0769. The molecule has 2 saturated heterocycles. The molecule has 0 saturated carbocycles. The monoisotopic (exact) mass is 506 g/mol. The largest absolute Gasteiger partial charge is 0.471 e. The van der Waals surface area contributed by atoms with Crippen LogP contribution in [0.5, 0.6) is 17.4 Å². The van der Waals surface area contributed by atoms with E-state index in [1.54, 1.807) is 0 Å². The number of rotatable bonds is 5. The fourth-order valence-electron chi connectivity index (χ4n) is 5.03. The summed E-state index contributed by atoms with van der Waals surface area (Å²) in [7, 11) is 0. The summed E-state index contributed by atoms with van der Waals surface area (Å²) in [6.45, 7) is 0.854. The Bertz CT molecular complexity index is 1380. The smallest absolute Gasteiger partial charge is 0.352 e.